The molecule has 0 atom stereocenters. The van der Waals surface area contributed by atoms with Crippen molar-refractivity contribution in [2.24, 2.45) is 0 Å². The molecule has 0 saturated heterocycles. The van der Waals surface area contributed by atoms with E-state index in [1.807, 2.05) is 0 Å². The second-order valence-electron chi connectivity index (χ2n) is 4.84. The first-order valence-corrected chi connectivity index (χ1v) is 6.76. The van der Waals surface area contributed by atoms with Crippen molar-refractivity contribution in [3.63, 3.8) is 0 Å². The first kappa shape index (κ1) is 14.6. The Bertz CT molecular complexity index is 431. The Morgan fingerprint density at radius 3 is 2.40 bits per heavy atom. The number of urea groups is 1. The standard InChI is InChI=1S/C14H18F2N2O2/c15-13(16)20-12-8-6-11(7-9-12)18-14(19)17-10-4-2-1-3-5-10/h6-10,13H,1-5H2,(H2,17,18,19). The summed E-state index contributed by atoms with van der Waals surface area (Å²) in [6.07, 6.45) is 5.53. The maximum atomic E-state index is 12.0. The molecule has 2 N–H and O–H groups in total. The molecule has 1 aromatic rings. The zero-order chi connectivity index (χ0) is 14.4. The van der Waals surface area contributed by atoms with Gasteiger partial charge in [-0.3, -0.25) is 0 Å². The SMILES string of the molecule is O=C(Nc1ccc(OC(F)F)cc1)NC1CCCCC1. The predicted octanol–water partition coefficient (Wildman–Crippen LogP) is 3.74. The van der Waals surface area contributed by atoms with E-state index in [1.165, 1.54) is 30.7 Å². The predicted molar refractivity (Wildman–Crippen MR) is 72.1 cm³/mol. The number of anilines is 1. The minimum absolute atomic E-state index is 0.0678. The van der Waals surface area contributed by atoms with Gasteiger partial charge in [0.15, 0.2) is 0 Å². The number of hydrogen-bond acceptors (Lipinski definition) is 2. The van der Waals surface area contributed by atoms with Gasteiger partial charge in [-0.05, 0) is 37.1 Å². The Hall–Kier alpha value is -1.85. The molecule has 0 heterocycles. The van der Waals surface area contributed by atoms with Gasteiger partial charge >= 0.3 is 12.6 Å². The first-order chi connectivity index (χ1) is 9.63. The Morgan fingerprint density at radius 2 is 1.80 bits per heavy atom. The Labute approximate surface area is 116 Å². The van der Waals surface area contributed by atoms with Gasteiger partial charge in [0.2, 0.25) is 0 Å². The van der Waals surface area contributed by atoms with E-state index in [1.54, 1.807) is 0 Å². The monoisotopic (exact) mass is 284 g/mol. The lowest BCUT2D eigenvalue weighted by Crippen LogP contribution is -2.38. The lowest BCUT2D eigenvalue weighted by Gasteiger charge is -2.22. The second kappa shape index (κ2) is 7.07. The van der Waals surface area contributed by atoms with Crippen LogP contribution >= 0.6 is 0 Å². The molecule has 110 valence electrons. The van der Waals surface area contributed by atoms with E-state index in [-0.39, 0.29) is 17.8 Å². The molecule has 0 unspecified atom stereocenters. The number of ether oxygens (including phenoxy) is 1. The number of alkyl halides is 2. The van der Waals surface area contributed by atoms with Crippen molar-refractivity contribution in [1.29, 1.82) is 0 Å². The Morgan fingerprint density at radius 1 is 1.15 bits per heavy atom. The highest BCUT2D eigenvalue weighted by Gasteiger charge is 2.15. The molecule has 4 nitrogen and oxygen atoms in total. The van der Waals surface area contributed by atoms with Gasteiger partial charge in [-0.1, -0.05) is 19.3 Å². The first-order valence-electron chi connectivity index (χ1n) is 6.76. The zero-order valence-corrected chi connectivity index (χ0v) is 11.1. The molecule has 6 heteroatoms. The quantitative estimate of drug-likeness (QED) is 0.884. The molecule has 0 aromatic heterocycles. The third-order valence-corrected chi connectivity index (χ3v) is 3.28. The topological polar surface area (TPSA) is 50.4 Å². The average molecular weight is 284 g/mol. The maximum Gasteiger partial charge on any atom is 0.387 e. The zero-order valence-electron chi connectivity index (χ0n) is 11.1. The third kappa shape index (κ3) is 4.68. The number of carbonyl (C=O) groups is 1. The van der Waals surface area contributed by atoms with E-state index in [0.29, 0.717) is 5.69 Å². The number of halogens is 2. The lowest BCUT2D eigenvalue weighted by molar-refractivity contribution is -0.0498. The van der Waals surface area contributed by atoms with Gasteiger partial charge in [0.05, 0.1) is 0 Å². The number of benzene rings is 1. The molecule has 1 aliphatic rings. The summed E-state index contributed by atoms with van der Waals surface area (Å²) in [5.41, 5.74) is 0.542. The third-order valence-electron chi connectivity index (χ3n) is 3.28. The molecule has 0 bridgehead atoms. The average Bonchev–Trinajstić information content (AvgIpc) is 2.41. The molecule has 0 aliphatic heterocycles. The summed E-state index contributed by atoms with van der Waals surface area (Å²) in [5, 5.41) is 5.59. The number of amides is 2. The van der Waals surface area contributed by atoms with Crippen LogP contribution in [0.1, 0.15) is 32.1 Å². The van der Waals surface area contributed by atoms with E-state index in [9.17, 15) is 13.6 Å². The molecule has 1 aliphatic carbocycles. The fraction of sp³-hybridized carbons (Fsp3) is 0.500. The van der Waals surface area contributed by atoms with Gasteiger partial charge in [0.1, 0.15) is 5.75 Å². The summed E-state index contributed by atoms with van der Waals surface area (Å²) in [4.78, 5) is 11.8. The Balaban J connectivity index is 1.81. The highest BCUT2D eigenvalue weighted by atomic mass is 19.3. The van der Waals surface area contributed by atoms with Crippen molar-refractivity contribution in [1.82, 2.24) is 5.32 Å². The van der Waals surface area contributed by atoms with E-state index in [0.717, 1.165) is 25.7 Å². The number of rotatable bonds is 4. The molecule has 0 radical (unpaired) electrons. The minimum Gasteiger partial charge on any atom is -0.435 e. The summed E-state index contributed by atoms with van der Waals surface area (Å²) in [6, 6.07) is 5.80. The van der Waals surface area contributed by atoms with Crippen molar-refractivity contribution in [2.45, 2.75) is 44.8 Å². The molecular weight excluding hydrogens is 266 g/mol. The van der Waals surface area contributed by atoms with Crippen LogP contribution in [-0.2, 0) is 0 Å². The van der Waals surface area contributed by atoms with E-state index >= 15 is 0 Å². The summed E-state index contributed by atoms with van der Waals surface area (Å²) in [5.74, 6) is 0.0678. The van der Waals surface area contributed by atoms with Crippen LogP contribution in [0.4, 0.5) is 19.3 Å². The van der Waals surface area contributed by atoms with Crippen LogP contribution in [0.15, 0.2) is 24.3 Å². The summed E-state index contributed by atoms with van der Waals surface area (Å²) in [7, 11) is 0. The molecule has 1 fully saturated rings. The summed E-state index contributed by atoms with van der Waals surface area (Å²) >= 11 is 0. The maximum absolute atomic E-state index is 12.0. The van der Waals surface area contributed by atoms with Crippen molar-refractivity contribution >= 4 is 11.7 Å². The van der Waals surface area contributed by atoms with E-state index < -0.39 is 6.61 Å². The van der Waals surface area contributed by atoms with E-state index in [2.05, 4.69) is 15.4 Å². The van der Waals surface area contributed by atoms with Crippen LogP contribution in [-0.4, -0.2) is 18.7 Å². The fourth-order valence-electron chi connectivity index (χ4n) is 2.32. The smallest absolute Gasteiger partial charge is 0.387 e. The molecule has 2 amide bonds. The van der Waals surface area contributed by atoms with Crippen molar-refractivity contribution < 1.29 is 18.3 Å². The van der Waals surface area contributed by atoms with Crippen LogP contribution in [0.25, 0.3) is 0 Å². The van der Waals surface area contributed by atoms with Crippen LogP contribution in [0.2, 0.25) is 0 Å². The highest BCUT2D eigenvalue weighted by molar-refractivity contribution is 5.89. The number of carbonyl (C=O) groups excluding carboxylic acids is 1. The normalized spacial score (nSPS) is 15.9. The molecule has 2 rings (SSSR count). The number of hydrogen-bond donors (Lipinski definition) is 2. The Kier molecular flexibility index (Phi) is 5.15. The highest BCUT2D eigenvalue weighted by Crippen LogP contribution is 2.19. The summed E-state index contributed by atoms with van der Waals surface area (Å²) in [6.45, 7) is -2.84. The van der Waals surface area contributed by atoms with Gasteiger partial charge in [-0.2, -0.15) is 8.78 Å². The van der Waals surface area contributed by atoms with Crippen molar-refractivity contribution in [2.75, 3.05) is 5.32 Å². The van der Waals surface area contributed by atoms with Gasteiger partial charge in [-0.25, -0.2) is 4.79 Å². The molecular formula is C14H18F2N2O2. The van der Waals surface area contributed by atoms with Gasteiger partial charge < -0.3 is 15.4 Å². The molecule has 20 heavy (non-hydrogen) atoms. The minimum atomic E-state index is -2.84. The second-order valence-corrected chi connectivity index (χ2v) is 4.84. The van der Waals surface area contributed by atoms with Crippen LogP contribution in [0, 0.1) is 0 Å². The van der Waals surface area contributed by atoms with Crippen LogP contribution in [0.5, 0.6) is 5.75 Å². The molecule has 1 aromatic carbocycles. The lowest BCUT2D eigenvalue weighted by atomic mass is 9.96. The van der Waals surface area contributed by atoms with E-state index in [4.69, 9.17) is 0 Å². The van der Waals surface area contributed by atoms with Gasteiger partial charge in [-0.15, -0.1) is 0 Å². The van der Waals surface area contributed by atoms with Crippen LogP contribution < -0.4 is 15.4 Å². The van der Waals surface area contributed by atoms with Crippen molar-refractivity contribution in [3.8, 4) is 5.75 Å². The van der Waals surface area contributed by atoms with Crippen molar-refractivity contribution in [3.05, 3.63) is 24.3 Å². The van der Waals surface area contributed by atoms with Crippen LogP contribution in [0.3, 0.4) is 0 Å². The number of nitrogens with one attached hydrogen (secondary N) is 2. The summed E-state index contributed by atoms with van der Waals surface area (Å²) < 4.78 is 28.2. The van der Waals surface area contributed by atoms with Gasteiger partial charge in [0, 0.05) is 11.7 Å². The van der Waals surface area contributed by atoms with Gasteiger partial charge in [0.25, 0.3) is 0 Å². The largest absolute Gasteiger partial charge is 0.435 e. The molecule has 1 saturated carbocycles. The molecule has 0 spiro atoms. The fourth-order valence-corrected chi connectivity index (χ4v) is 2.32.